The van der Waals surface area contributed by atoms with Crippen LogP contribution in [0.3, 0.4) is 0 Å². The van der Waals surface area contributed by atoms with Gasteiger partial charge in [0.25, 0.3) is 5.91 Å². The third-order valence-electron chi connectivity index (χ3n) is 3.71. The molecule has 0 aliphatic heterocycles. The topological polar surface area (TPSA) is 49.8 Å². The van der Waals surface area contributed by atoms with Gasteiger partial charge in [-0.15, -0.1) is 0 Å². The summed E-state index contributed by atoms with van der Waals surface area (Å²) >= 11 is 0. The molecule has 0 radical (unpaired) electrons. The average molecular weight is 299 g/mol. The van der Waals surface area contributed by atoms with Crippen LogP contribution < -0.4 is 4.74 Å². The van der Waals surface area contributed by atoms with Crippen LogP contribution in [0.5, 0.6) is 5.75 Å². The van der Waals surface area contributed by atoms with Gasteiger partial charge in [-0.3, -0.25) is 4.79 Å². The third kappa shape index (κ3) is 4.09. The molecule has 4 heteroatoms. The van der Waals surface area contributed by atoms with E-state index in [2.05, 4.69) is 0 Å². The highest BCUT2D eigenvalue weighted by Crippen LogP contribution is 2.20. The zero-order chi connectivity index (χ0) is 15.9. The highest BCUT2D eigenvalue weighted by molar-refractivity contribution is 5.77. The van der Waals surface area contributed by atoms with Crippen LogP contribution in [0.1, 0.15) is 18.6 Å². The largest absolute Gasteiger partial charge is 0.484 e. The predicted octanol–water partition coefficient (Wildman–Crippen LogP) is 2.65. The van der Waals surface area contributed by atoms with Crippen molar-refractivity contribution in [3.63, 3.8) is 0 Å². The molecule has 0 aliphatic rings. The zero-order valence-corrected chi connectivity index (χ0v) is 12.8. The van der Waals surface area contributed by atoms with Gasteiger partial charge in [0.2, 0.25) is 0 Å². The fourth-order valence-corrected chi connectivity index (χ4v) is 2.13. The molecular weight excluding hydrogens is 278 g/mol. The molecule has 2 unspecified atom stereocenters. The normalized spacial score (nSPS) is 13.2. The molecule has 0 saturated heterocycles. The number of benzene rings is 2. The van der Waals surface area contributed by atoms with Crippen molar-refractivity contribution < 1.29 is 14.6 Å². The molecule has 0 saturated carbocycles. The van der Waals surface area contributed by atoms with E-state index in [1.165, 1.54) is 4.90 Å². The Balaban J connectivity index is 1.92. The van der Waals surface area contributed by atoms with Crippen molar-refractivity contribution >= 4 is 5.91 Å². The Bertz CT molecular complexity index is 586. The second-order valence-electron chi connectivity index (χ2n) is 5.20. The fraction of sp³-hybridized carbons (Fsp3) is 0.278. The Morgan fingerprint density at radius 2 is 1.64 bits per heavy atom. The molecule has 0 heterocycles. The molecule has 2 aromatic carbocycles. The number of amides is 1. The van der Waals surface area contributed by atoms with E-state index in [1.54, 1.807) is 19.2 Å². The van der Waals surface area contributed by atoms with Crippen molar-refractivity contribution in [2.24, 2.45) is 0 Å². The summed E-state index contributed by atoms with van der Waals surface area (Å²) in [7, 11) is 1.67. The van der Waals surface area contributed by atoms with E-state index >= 15 is 0 Å². The summed E-state index contributed by atoms with van der Waals surface area (Å²) in [4.78, 5) is 13.7. The van der Waals surface area contributed by atoms with Gasteiger partial charge in [-0.05, 0) is 24.6 Å². The van der Waals surface area contributed by atoms with Crippen LogP contribution in [0.15, 0.2) is 60.7 Å². The highest BCUT2D eigenvalue weighted by atomic mass is 16.5. The number of nitrogens with zero attached hydrogens (tertiary/aromatic N) is 1. The Hall–Kier alpha value is -2.33. The van der Waals surface area contributed by atoms with Crippen LogP contribution in [0.4, 0.5) is 0 Å². The second-order valence-corrected chi connectivity index (χ2v) is 5.20. The molecule has 0 spiro atoms. The molecule has 22 heavy (non-hydrogen) atoms. The first-order valence-electron chi connectivity index (χ1n) is 7.26. The van der Waals surface area contributed by atoms with Crippen LogP contribution >= 0.6 is 0 Å². The van der Waals surface area contributed by atoms with E-state index in [1.807, 2.05) is 55.5 Å². The lowest BCUT2D eigenvalue weighted by Gasteiger charge is -2.29. The summed E-state index contributed by atoms with van der Waals surface area (Å²) < 4.78 is 5.45. The van der Waals surface area contributed by atoms with Gasteiger partial charge in [0.15, 0.2) is 6.61 Å². The molecular formula is C18H21NO3. The van der Waals surface area contributed by atoms with Gasteiger partial charge in [0.1, 0.15) is 5.75 Å². The fourth-order valence-electron chi connectivity index (χ4n) is 2.13. The Kier molecular flexibility index (Phi) is 5.55. The molecule has 116 valence electrons. The van der Waals surface area contributed by atoms with E-state index < -0.39 is 6.10 Å². The first-order valence-corrected chi connectivity index (χ1v) is 7.26. The standard InChI is InChI=1S/C18H21NO3/c1-14(18(21)15-9-5-3-6-10-15)19(2)17(20)13-22-16-11-7-4-8-12-16/h3-12,14,18,21H,13H2,1-2H3. The number of carbonyl (C=O) groups is 1. The van der Waals surface area contributed by atoms with Crippen molar-refractivity contribution in [2.45, 2.75) is 19.1 Å². The third-order valence-corrected chi connectivity index (χ3v) is 3.71. The number of likely N-dealkylation sites (N-methyl/N-ethyl adjacent to an activating group) is 1. The summed E-state index contributed by atoms with van der Waals surface area (Å²) in [5, 5.41) is 10.4. The molecule has 2 aromatic rings. The maximum atomic E-state index is 12.2. The van der Waals surface area contributed by atoms with Gasteiger partial charge in [-0.1, -0.05) is 48.5 Å². The quantitative estimate of drug-likeness (QED) is 0.892. The van der Waals surface area contributed by atoms with Crippen LogP contribution in [-0.2, 0) is 4.79 Å². The van der Waals surface area contributed by atoms with Crippen molar-refractivity contribution in [1.29, 1.82) is 0 Å². The number of carbonyl (C=O) groups excluding carboxylic acids is 1. The average Bonchev–Trinajstić information content (AvgIpc) is 2.59. The molecule has 0 aromatic heterocycles. The summed E-state index contributed by atoms with van der Waals surface area (Å²) in [5.41, 5.74) is 0.790. The summed E-state index contributed by atoms with van der Waals surface area (Å²) in [5.74, 6) is 0.479. The molecule has 1 amide bonds. The SMILES string of the molecule is CC(C(O)c1ccccc1)N(C)C(=O)COc1ccccc1. The molecule has 0 aliphatic carbocycles. The van der Waals surface area contributed by atoms with Crippen LogP contribution in [0, 0.1) is 0 Å². The predicted molar refractivity (Wildman–Crippen MR) is 85.6 cm³/mol. The van der Waals surface area contributed by atoms with Gasteiger partial charge in [-0.2, -0.15) is 0 Å². The smallest absolute Gasteiger partial charge is 0.260 e. The van der Waals surface area contributed by atoms with Crippen LogP contribution in [0.2, 0.25) is 0 Å². The number of aliphatic hydroxyl groups is 1. The van der Waals surface area contributed by atoms with Gasteiger partial charge < -0.3 is 14.7 Å². The summed E-state index contributed by atoms with van der Waals surface area (Å²) in [6.45, 7) is 1.77. The molecule has 1 N–H and O–H groups in total. The van der Waals surface area contributed by atoms with Crippen LogP contribution in [-0.4, -0.2) is 35.6 Å². The monoisotopic (exact) mass is 299 g/mol. The first kappa shape index (κ1) is 16.0. The van der Waals surface area contributed by atoms with Gasteiger partial charge >= 0.3 is 0 Å². The summed E-state index contributed by atoms with van der Waals surface area (Å²) in [6, 6.07) is 18.2. The Morgan fingerprint density at radius 1 is 1.09 bits per heavy atom. The van der Waals surface area contributed by atoms with Crippen molar-refractivity contribution in [3.8, 4) is 5.75 Å². The number of aliphatic hydroxyl groups excluding tert-OH is 1. The Labute approximate surface area is 131 Å². The number of hydrogen-bond acceptors (Lipinski definition) is 3. The van der Waals surface area contributed by atoms with Crippen LogP contribution in [0.25, 0.3) is 0 Å². The van der Waals surface area contributed by atoms with E-state index in [0.29, 0.717) is 5.75 Å². The van der Waals surface area contributed by atoms with E-state index in [0.717, 1.165) is 5.56 Å². The molecule has 2 atom stereocenters. The Morgan fingerprint density at radius 3 is 2.23 bits per heavy atom. The second kappa shape index (κ2) is 7.61. The van der Waals surface area contributed by atoms with Gasteiger partial charge in [0, 0.05) is 7.05 Å². The van der Waals surface area contributed by atoms with Crippen molar-refractivity contribution in [1.82, 2.24) is 4.90 Å². The minimum absolute atomic E-state index is 0.0492. The van der Waals surface area contributed by atoms with E-state index in [4.69, 9.17) is 4.74 Å². The number of ether oxygens (including phenoxy) is 1. The summed E-state index contributed by atoms with van der Waals surface area (Å²) in [6.07, 6.45) is -0.730. The molecule has 0 bridgehead atoms. The molecule has 4 nitrogen and oxygen atoms in total. The van der Waals surface area contributed by atoms with E-state index in [9.17, 15) is 9.90 Å². The zero-order valence-electron chi connectivity index (χ0n) is 12.8. The number of hydrogen-bond donors (Lipinski definition) is 1. The minimum Gasteiger partial charge on any atom is -0.484 e. The van der Waals surface area contributed by atoms with E-state index in [-0.39, 0.29) is 18.6 Å². The highest BCUT2D eigenvalue weighted by Gasteiger charge is 2.24. The van der Waals surface area contributed by atoms with Crippen molar-refractivity contribution in [2.75, 3.05) is 13.7 Å². The number of rotatable bonds is 6. The van der Waals surface area contributed by atoms with Gasteiger partial charge in [-0.25, -0.2) is 0 Å². The van der Waals surface area contributed by atoms with Crippen molar-refractivity contribution in [3.05, 3.63) is 66.2 Å². The lowest BCUT2D eigenvalue weighted by atomic mass is 10.0. The minimum atomic E-state index is -0.730. The molecule has 2 rings (SSSR count). The maximum absolute atomic E-state index is 12.2. The lowest BCUT2D eigenvalue weighted by Crippen LogP contribution is -2.41. The van der Waals surface area contributed by atoms with Gasteiger partial charge in [0.05, 0.1) is 12.1 Å². The lowest BCUT2D eigenvalue weighted by molar-refractivity contribution is -0.136. The number of para-hydroxylation sites is 1. The molecule has 0 fully saturated rings. The maximum Gasteiger partial charge on any atom is 0.260 e. The first-order chi connectivity index (χ1) is 10.6.